The van der Waals surface area contributed by atoms with Crippen molar-refractivity contribution in [2.24, 2.45) is 0 Å². The second-order valence-electron chi connectivity index (χ2n) is 11.0. The molecule has 0 aromatic heterocycles. The van der Waals surface area contributed by atoms with E-state index in [1.807, 2.05) is 45.9 Å². The molecule has 11 heteroatoms. The first kappa shape index (κ1) is 33.6. The van der Waals surface area contributed by atoms with Crippen molar-refractivity contribution in [3.05, 3.63) is 80.7 Å². The van der Waals surface area contributed by atoms with Crippen molar-refractivity contribution in [3.8, 4) is 11.5 Å². The van der Waals surface area contributed by atoms with E-state index in [2.05, 4.69) is 17.2 Å². The summed E-state index contributed by atoms with van der Waals surface area (Å²) in [6, 6.07) is 11.8. The third-order valence-corrected chi connectivity index (χ3v) is 7.55. The number of hydrogen-bond acceptors (Lipinski definition) is 9. The number of benzene rings is 3. The van der Waals surface area contributed by atoms with Gasteiger partial charge in [-0.2, -0.15) is 0 Å². The molecule has 0 bridgehead atoms. The molecule has 0 radical (unpaired) electrons. The highest BCUT2D eigenvalue weighted by Crippen LogP contribution is 2.36. The van der Waals surface area contributed by atoms with Crippen LogP contribution in [0.25, 0.3) is 12.2 Å². The summed E-state index contributed by atoms with van der Waals surface area (Å²) in [6.45, 7) is 13.5. The summed E-state index contributed by atoms with van der Waals surface area (Å²) in [7, 11) is 0. The number of carbonyl (C=O) groups is 4. The number of ether oxygens (including phenoxy) is 1. The summed E-state index contributed by atoms with van der Waals surface area (Å²) < 4.78 is 5.92. The number of aromatic hydroxyl groups is 1. The summed E-state index contributed by atoms with van der Waals surface area (Å²) in [5, 5.41) is 29.9. The van der Waals surface area contributed by atoms with Crippen molar-refractivity contribution in [3.63, 3.8) is 0 Å². The summed E-state index contributed by atoms with van der Waals surface area (Å²) in [5.74, 6) is -2.72. The highest BCUT2D eigenvalue weighted by atomic mass is 16.7. The van der Waals surface area contributed by atoms with Crippen LogP contribution in [0.1, 0.15) is 72.1 Å². The third kappa shape index (κ3) is 7.48. The Balaban J connectivity index is 1.75. The molecule has 1 aliphatic heterocycles. The second kappa shape index (κ2) is 14.6. The predicted molar refractivity (Wildman–Crippen MR) is 174 cm³/mol. The Hall–Kier alpha value is -5.32. The van der Waals surface area contributed by atoms with Crippen molar-refractivity contribution >= 4 is 47.3 Å². The largest absolute Gasteiger partial charge is 0.507 e. The van der Waals surface area contributed by atoms with Crippen LogP contribution in [0.5, 0.6) is 11.5 Å². The molecule has 1 fully saturated rings. The zero-order chi connectivity index (χ0) is 33.5. The van der Waals surface area contributed by atoms with Gasteiger partial charge in [-0.05, 0) is 92.1 Å². The molecule has 0 aliphatic carbocycles. The molecule has 1 saturated heterocycles. The lowest BCUT2D eigenvalue weighted by atomic mass is 9.89. The van der Waals surface area contributed by atoms with Gasteiger partial charge in [-0.1, -0.05) is 6.58 Å². The Bertz CT molecular complexity index is 1780. The number of amides is 2. The number of imide groups is 1. The van der Waals surface area contributed by atoms with Gasteiger partial charge in [0.25, 0.3) is 11.8 Å². The summed E-state index contributed by atoms with van der Waals surface area (Å²) in [4.78, 5) is 53.1. The Morgan fingerprint density at radius 3 is 2.15 bits per heavy atom. The SMILES string of the molecule is C=c1cc(NCC)c(C)c/c1=C(/c1cc(C)c(NCC)cc1O)c1cc(OCCCC(=O)ON2C(=O)CCC2=O)ccc1C(=O)O. The Morgan fingerprint density at radius 1 is 0.891 bits per heavy atom. The van der Waals surface area contributed by atoms with Gasteiger partial charge in [0.2, 0.25) is 0 Å². The van der Waals surface area contributed by atoms with Crippen LogP contribution in [0.15, 0.2) is 42.5 Å². The minimum atomic E-state index is -1.17. The molecule has 11 nitrogen and oxygen atoms in total. The summed E-state index contributed by atoms with van der Waals surface area (Å²) in [6.07, 6.45) is 0.119. The van der Waals surface area contributed by atoms with E-state index in [1.54, 1.807) is 12.1 Å². The third-order valence-electron chi connectivity index (χ3n) is 7.55. The van der Waals surface area contributed by atoms with E-state index in [0.29, 0.717) is 51.0 Å². The summed E-state index contributed by atoms with van der Waals surface area (Å²) >= 11 is 0. The minimum Gasteiger partial charge on any atom is -0.507 e. The van der Waals surface area contributed by atoms with Crippen LogP contribution in [0, 0.1) is 13.8 Å². The first-order valence-electron chi connectivity index (χ1n) is 15.2. The van der Waals surface area contributed by atoms with Gasteiger partial charge in [0.1, 0.15) is 11.5 Å². The molecule has 0 saturated carbocycles. The molecule has 4 N–H and O–H groups in total. The summed E-state index contributed by atoms with van der Waals surface area (Å²) in [5.41, 5.74) is 4.60. The van der Waals surface area contributed by atoms with E-state index in [0.717, 1.165) is 22.5 Å². The van der Waals surface area contributed by atoms with E-state index in [-0.39, 0.29) is 43.6 Å². The average Bonchev–Trinajstić information content (AvgIpc) is 3.32. The first-order chi connectivity index (χ1) is 21.9. The monoisotopic (exact) mass is 629 g/mol. The molecular weight excluding hydrogens is 590 g/mol. The highest BCUT2D eigenvalue weighted by molar-refractivity contribution is 6.01. The molecule has 242 valence electrons. The van der Waals surface area contributed by atoms with Crippen LogP contribution in [0.4, 0.5) is 11.4 Å². The Kier molecular flexibility index (Phi) is 10.7. The van der Waals surface area contributed by atoms with Gasteiger partial charge < -0.3 is 30.4 Å². The van der Waals surface area contributed by atoms with Crippen molar-refractivity contribution in [1.82, 2.24) is 5.06 Å². The number of aromatic carboxylic acids is 1. The Morgan fingerprint density at radius 2 is 1.52 bits per heavy atom. The van der Waals surface area contributed by atoms with E-state index in [4.69, 9.17) is 9.57 Å². The van der Waals surface area contributed by atoms with Crippen molar-refractivity contribution in [1.29, 1.82) is 0 Å². The van der Waals surface area contributed by atoms with Crippen molar-refractivity contribution in [2.45, 2.75) is 53.4 Å². The molecule has 3 aromatic carbocycles. The molecule has 0 atom stereocenters. The van der Waals surface area contributed by atoms with Gasteiger partial charge in [0, 0.05) is 60.1 Å². The number of nitrogens with zero attached hydrogens (tertiary/aromatic N) is 1. The van der Waals surface area contributed by atoms with Crippen molar-refractivity contribution < 1.29 is 39.0 Å². The highest BCUT2D eigenvalue weighted by Gasteiger charge is 2.32. The Labute approximate surface area is 267 Å². The molecule has 1 aliphatic rings. The van der Waals surface area contributed by atoms with Crippen molar-refractivity contribution in [2.75, 3.05) is 30.3 Å². The van der Waals surface area contributed by atoms with Crippen LogP contribution in [-0.2, 0) is 19.2 Å². The van der Waals surface area contributed by atoms with Gasteiger partial charge in [-0.15, -0.1) is 5.06 Å². The maximum absolute atomic E-state index is 12.6. The second-order valence-corrected chi connectivity index (χ2v) is 11.0. The molecule has 2 amide bonds. The number of phenolic OH excluding ortho intramolecular Hbond substituents is 1. The standard InChI is InChI=1S/C35H39N3O8/c1-6-36-28-17-20(3)25(15-21(28)4)34(27-16-22(5)29(37-7-2)19-30(27)39)26-18-23(10-11-24(26)35(43)44)45-14-8-9-33(42)46-38-31(40)12-13-32(38)41/h10-11,15-19,36-37,39H,3,6-9,12-14H2,1-2,4-5H3,(H,43,44)/b34-25-. The molecule has 0 spiro atoms. The number of carbonyl (C=O) groups excluding carboxylic acids is 3. The van der Waals surface area contributed by atoms with Crippen LogP contribution in [-0.4, -0.2) is 58.7 Å². The van der Waals surface area contributed by atoms with Crippen LogP contribution >= 0.6 is 0 Å². The molecular formula is C35H39N3O8. The maximum Gasteiger partial charge on any atom is 0.336 e. The maximum atomic E-state index is 12.6. The fourth-order valence-corrected chi connectivity index (χ4v) is 5.30. The fraction of sp³-hybridized carbons (Fsp3) is 0.314. The van der Waals surface area contributed by atoms with Crippen LogP contribution in [0.2, 0.25) is 0 Å². The van der Waals surface area contributed by atoms with E-state index in [1.165, 1.54) is 12.1 Å². The number of aryl methyl sites for hydroxylation is 2. The van der Waals surface area contributed by atoms with Gasteiger partial charge >= 0.3 is 11.9 Å². The van der Waals surface area contributed by atoms with Gasteiger partial charge in [-0.25, -0.2) is 9.59 Å². The quantitative estimate of drug-likeness (QED) is 0.161. The predicted octanol–water partition coefficient (Wildman–Crippen LogP) is 3.99. The molecule has 3 aromatic rings. The number of nitrogens with one attached hydrogen (secondary N) is 2. The van der Waals surface area contributed by atoms with E-state index < -0.39 is 23.8 Å². The zero-order valence-corrected chi connectivity index (χ0v) is 26.5. The first-order valence-corrected chi connectivity index (χ1v) is 15.2. The lowest BCUT2D eigenvalue weighted by Gasteiger charge is -2.19. The van der Waals surface area contributed by atoms with Gasteiger partial charge in [0.05, 0.1) is 18.6 Å². The smallest absolute Gasteiger partial charge is 0.336 e. The average molecular weight is 630 g/mol. The number of hydroxylamine groups is 2. The van der Waals surface area contributed by atoms with E-state index in [9.17, 15) is 29.4 Å². The zero-order valence-electron chi connectivity index (χ0n) is 26.5. The topological polar surface area (TPSA) is 154 Å². The molecule has 46 heavy (non-hydrogen) atoms. The lowest BCUT2D eigenvalue weighted by molar-refractivity contribution is -0.197. The number of rotatable bonds is 13. The number of carboxylic acid groups (broad SMARTS) is 1. The number of carboxylic acids is 1. The normalized spacial score (nSPS) is 13.4. The number of hydrogen-bond donors (Lipinski definition) is 4. The number of phenols is 1. The molecule has 4 rings (SSSR count). The van der Waals surface area contributed by atoms with Gasteiger partial charge in [0.15, 0.2) is 0 Å². The molecule has 0 unspecified atom stereocenters. The van der Waals surface area contributed by atoms with Gasteiger partial charge in [-0.3, -0.25) is 9.59 Å². The number of anilines is 2. The van der Waals surface area contributed by atoms with Crippen LogP contribution in [0.3, 0.4) is 0 Å². The van der Waals surface area contributed by atoms with Crippen LogP contribution < -0.4 is 25.8 Å². The minimum absolute atomic E-state index is 0.00787. The molecule has 1 heterocycles. The van der Waals surface area contributed by atoms with E-state index >= 15 is 0 Å². The lowest BCUT2D eigenvalue weighted by Crippen LogP contribution is -2.32. The fourth-order valence-electron chi connectivity index (χ4n) is 5.30.